The number of carbonyl (C=O) groups is 1. The van der Waals surface area contributed by atoms with E-state index in [1.807, 2.05) is 33.9 Å². The van der Waals surface area contributed by atoms with Crippen LogP contribution in [-0.2, 0) is 12.5 Å². The quantitative estimate of drug-likeness (QED) is 0.822. The molecular weight excluding hydrogens is 216 g/mol. The van der Waals surface area contributed by atoms with Gasteiger partial charge in [0.15, 0.2) is 0 Å². The van der Waals surface area contributed by atoms with Crippen LogP contribution in [0.3, 0.4) is 0 Å². The summed E-state index contributed by atoms with van der Waals surface area (Å²) in [4.78, 5) is 11.3. The third-order valence-electron chi connectivity index (χ3n) is 2.82. The number of rotatable bonds is 1. The molecule has 1 aromatic heterocycles. The van der Waals surface area contributed by atoms with Gasteiger partial charge >= 0.3 is 5.97 Å². The molecule has 17 heavy (non-hydrogen) atoms. The summed E-state index contributed by atoms with van der Waals surface area (Å²) >= 11 is 0. The van der Waals surface area contributed by atoms with Crippen molar-refractivity contribution in [3.8, 4) is 0 Å². The molecular formula is C13H16N2O2. The van der Waals surface area contributed by atoms with Crippen LogP contribution in [-0.4, -0.2) is 20.9 Å². The number of carboxylic acid groups (broad SMARTS) is 1. The number of aryl methyl sites for hydroxylation is 1. The van der Waals surface area contributed by atoms with Crippen LogP contribution in [0.15, 0.2) is 18.2 Å². The zero-order valence-electron chi connectivity index (χ0n) is 10.5. The summed E-state index contributed by atoms with van der Waals surface area (Å²) in [5.41, 5.74) is 1.83. The number of nitrogens with zero attached hydrogens (tertiary/aromatic N) is 2. The number of carboxylic acids is 1. The molecule has 2 aromatic rings. The Bertz CT molecular complexity index is 591. The van der Waals surface area contributed by atoms with Crippen molar-refractivity contribution in [3.63, 3.8) is 0 Å². The molecule has 0 saturated heterocycles. The third kappa shape index (κ3) is 1.79. The van der Waals surface area contributed by atoms with Gasteiger partial charge in [0.25, 0.3) is 0 Å². The third-order valence-corrected chi connectivity index (χ3v) is 2.82. The normalized spacial score (nSPS) is 12.0. The summed E-state index contributed by atoms with van der Waals surface area (Å²) in [6.45, 7) is 6.11. The molecule has 0 saturated carbocycles. The van der Waals surface area contributed by atoms with E-state index in [2.05, 4.69) is 5.10 Å². The molecule has 0 radical (unpaired) electrons. The van der Waals surface area contributed by atoms with Gasteiger partial charge in [0, 0.05) is 17.8 Å². The summed E-state index contributed by atoms with van der Waals surface area (Å²) < 4.78 is 1.74. The monoisotopic (exact) mass is 232 g/mol. The SMILES string of the molecule is Cn1nc(C(C)(C)C)c2c(C(=O)O)cccc21. The second kappa shape index (κ2) is 3.58. The highest BCUT2D eigenvalue weighted by atomic mass is 16.4. The summed E-state index contributed by atoms with van der Waals surface area (Å²) in [6.07, 6.45) is 0. The number of aromatic carboxylic acids is 1. The van der Waals surface area contributed by atoms with Crippen LogP contribution in [0.4, 0.5) is 0 Å². The Morgan fingerprint density at radius 2 is 2.00 bits per heavy atom. The zero-order chi connectivity index (χ0) is 12.8. The first-order chi connectivity index (χ1) is 7.82. The lowest BCUT2D eigenvalue weighted by atomic mass is 9.88. The summed E-state index contributed by atoms with van der Waals surface area (Å²) in [6, 6.07) is 5.27. The van der Waals surface area contributed by atoms with E-state index in [-0.39, 0.29) is 5.41 Å². The fourth-order valence-electron chi connectivity index (χ4n) is 2.02. The standard InChI is InChI=1S/C13H16N2O2/c1-13(2,3)11-10-8(12(16)17)6-5-7-9(10)15(4)14-11/h5-7H,1-4H3,(H,16,17). The Morgan fingerprint density at radius 1 is 1.35 bits per heavy atom. The Morgan fingerprint density at radius 3 is 2.53 bits per heavy atom. The minimum Gasteiger partial charge on any atom is -0.478 e. The number of hydrogen-bond acceptors (Lipinski definition) is 2. The molecule has 4 nitrogen and oxygen atoms in total. The van der Waals surface area contributed by atoms with Crippen LogP contribution in [0.2, 0.25) is 0 Å². The Labute approximate surface area is 99.9 Å². The topological polar surface area (TPSA) is 55.1 Å². The molecule has 0 unspecified atom stereocenters. The van der Waals surface area contributed by atoms with E-state index in [1.165, 1.54) is 0 Å². The van der Waals surface area contributed by atoms with Gasteiger partial charge in [-0.15, -0.1) is 0 Å². The molecule has 0 atom stereocenters. The summed E-state index contributed by atoms with van der Waals surface area (Å²) in [5.74, 6) is -0.908. The van der Waals surface area contributed by atoms with Crippen molar-refractivity contribution in [1.29, 1.82) is 0 Å². The molecule has 0 aliphatic carbocycles. The van der Waals surface area contributed by atoms with Gasteiger partial charge in [-0.05, 0) is 12.1 Å². The number of aromatic nitrogens is 2. The van der Waals surface area contributed by atoms with Crippen LogP contribution in [0.5, 0.6) is 0 Å². The first-order valence-electron chi connectivity index (χ1n) is 5.52. The van der Waals surface area contributed by atoms with E-state index >= 15 is 0 Å². The lowest BCUT2D eigenvalue weighted by Gasteiger charge is -2.16. The van der Waals surface area contributed by atoms with Gasteiger partial charge in [-0.1, -0.05) is 26.8 Å². The highest BCUT2D eigenvalue weighted by Gasteiger charge is 2.25. The average Bonchev–Trinajstić information content (AvgIpc) is 2.56. The minimum atomic E-state index is -0.908. The maximum Gasteiger partial charge on any atom is 0.336 e. The van der Waals surface area contributed by atoms with Crippen molar-refractivity contribution in [2.75, 3.05) is 0 Å². The number of benzene rings is 1. The van der Waals surface area contributed by atoms with Crippen LogP contribution < -0.4 is 0 Å². The maximum absolute atomic E-state index is 11.3. The minimum absolute atomic E-state index is 0.176. The van der Waals surface area contributed by atoms with Crippen LogP contribution in [0, 0.1) is 0 Å². The Balaban J connectivity index is 2.91. The van der Waals surface area contributed by atoms with Gasteiger partial charge < -0.3 is 5.11 Å². The molecule has 2 rings (SSSR count). The number of fused-ring (bicyclic) bond motifs is 1. The van der Waals surface area contributed by atoms with Crippen molar-refractivity contribution < 1.29 is 9.90 Å². The van der Waals surface area contributed by atoms with E-state index in [9.17, 15) is 9.90 Å². The Hall–Kier alpha value is -1.84. The fourth-order valence-corrected chi connectivity index (χ4v) is 2.02. The van der Waals surface area contributed by atoms with Crippen molar-refractivity contribution in [3.05, 3.63) is 29.5 Å². The van der Waals surface area contributed by atoms with Crippen LogP contribution >= 0.6 is 0 Å². The molecule has 0 amide bonds. The lowest BCUT2D eigenvalue weighted by Crippen LogP contribution is -2.14. The van der Waals surface area contributed by atoms with Crippen LogP contribution in [0.25, 0.3) is 10.9 Å². The smallest absolute Gasteiger partial charge is 0.336 e. The van der Waals surface area contributed by atoms with Crippen LogP contribution in [0.1, 0.15) is 36.8 Å². The molecule has 4 heteroatoms. The van der Waals surface area contributed by atoms with Gasteiger partial charge in [0.05, 0.1) is 16.8 Å². The first-order valence-corrected chi connectivity index (χ1v) is 5.52. The second-order valence-corrected chi connectivity index (χ2v) is 5.23. The van der Waals surface area contributed by atoms with Gasteiger partial charge in [-0.3, -0.25) is 4.68 Å². The molecule has 1 heterocycles. The van der Waals surface area contributed by atoms with Gasteiger partial charge in [0.2, 0.25) is 0 Å². The van der Waals surface area contributed by atoms with Gasteiger partial charge in [-0.2, -0.15) is 5.10 Å². The maximum atomic E-state index is 11.3. The van der Waals surface area contributed by atoms with Crippen molar-refractivity contribution in [2.24, 2.45) is 7.05 Å². The highest BCUT2D eigenvalue weighted by molar-refractivity contribution is 6.04. The molecule has 90 valence electrons. The highest BCUT2D eigenvalue weighted by Crippen LogP contribution is 2.31. The molecule has 0 aliphatic rings. The van der Waals surface area contributed by atoms with Crippen molar-refractivity contribution >= 4 is 16.9 Å². The van der Waals surface area contributed by atoms with E-state index in [0.29, 0.717) is 5.56 Å². The Kier molecular flexibility index (Phi) is 2.45. The molecule has 1 N–H and O–H groups in total. The summed E-state index contributed by atoms with van der Waals surface area (Å²) in [7, 11) is 1.84. The van der Waals surface area contributed by atoms with E-state index in [4.69, 9.17) is 0 Å². The summed E-state index contributed by atoms with van der Waals surface area (Å²) in [5, 5.41) is 14.4. The van der Waals surface area contributed by atoms with E-state index in [0.717, 1.165) is 16.6 Å². The lowest BCUT2D eigenvalue weighted by molar-refractivity contribution is 0.0699. The molecule has 0 spiro atoms. The fraction of sp³-hybridized carbons (Fsp3) is 0.385. The van der Waals surface area contributed by atoms with E-state index in [1.54, 1.807) is 16.8 Å². The van der Waals surface area contributed by atoms with E-state index < -0.39 is 5.97 Å². The molecule has 0 aliphatic heterocycles. The van der Waals surface area contributed by atoms with Gasteiger partial charge in [0.1, 0.15) is 0 Å². The predicted octanol–water partition coefficient (Wildman–Crippen LogP) is 2.57. The molecule has 1 aromatic carbocycles. The second-order valence-electron chi connectivity index (χ2n) is 5.23. The zero-order valence-corrected chi connectivity index (χ0v) is 10.5. The average molecular weight is 232 g/mol. The number of hydrogen-bond donors (Lipinski definition) is 1. The first kappa shape index (κ1) is 11.6. The largest absolute Gasteiger partial charge is 0.478 e. The molecule has 0 bridgehead atoms. The van der Waals surface area contributed by atoms with Crippen molar-refractivity contribution in [2.45, 2.75) is 26.2 Å². The van der Waals surface area contributed by atoms with Gasteiger partial charge in [-0.25, -0.2) is 4.79 Å². The molecule has 0 fully saturated rings. The van der Waals surface area contributed by atoms with Crippen molar-refractivity contribution in [1.82, 2.24) is 9.78 Å². The predicted molar refractivity (Wildman–Crippen MR) is 66.4 cm³/mol.